The maximum Gasteiger partial charge on any atom is 0.221 e. The van der Waals surface area contributed by atoms with Crippen molar-refractivity contribution in [3.8, 4) is 0 Å². The summed E-state index contributed by atoms with van der Waals surface area (Å²) < 4.78 is 27.3. The number of hydrogen-bond donors (Lipinski definition) is 4. The second kappa shape index (κ2) is 8.34. The number of aromatic nitrogens is 1. The summed E-state index contributed by atoms with van der Waals surface area (Å²) in [4.78, 5) is 15.6. The monoisotopic (exact) mass is 383 g/mol. The van der Waals surface area contributed by atoms with Crippen molar-refractivity contribution in [2.45, 2.75) is 13.0 Å². The van der Waals surface area contributed by atoms with E-state index in [1.165, 1.54) is 18.3 Å². The van der Waals surface area contributed by atoms with Crippen LogP contribution in [0.15, 0.2) is 54.7 Å². The van der Waals surface area contributed by atoms with E-state index in [1.807, 2.05) is 0 Å². The average Bonchev–Trinajstić information content (AvgIpc) is 2.66. The van der Waals surface area contributed by atoms with Crippen LogP contribution in [0.25, 0.3) is 0 Å². The molecule has 0 unspecified atom stereocenters. The molecule has 6 N–H and O–H groups in total. The fourth-order valence-corrected chi connectivity index (χ4v) is 2.63. The maximum atomic E-state index is 13.9. The molecule has 0 atom stereocenters. The average molecular weight is 383 g/mol. The first-order valence-electron chi connectivity index (χ1n) is 8.49. The van der Waals surface area contributed by atoms with E-state index in [-0.39, 0.29) is 18.5 Å². The second-order valence-electron chi connectivity index (χ2n) is 6.18. The fraction of sp³-hybridized carbons (Fsp3) is 0.100. The smallest absolute Gasteiger partial charge is 0.221 e. The third kappa shape index (κ3) is 4.73. The summed E-state index contributed by atoms with van der Waals surface area (Å²) in [5.41, 5.74) is 13.6. The molecule has 0 radical (unpaired) electrons. The largest absolute Gasteiger partial charge is 0.399 e. The van der Waals surface area contributed by atoms with Crippen LogP contribution >= 0.6 is 0 Å². The Balaban J connectivity index is 1.84. The minimum Gasteiger partial charge on any atom is -0.399 e. The molecule has 0 aliphatic rings. The van der Waals surface area contributed by atoms with Crippen LogP contribution in [-0.2, 0) is 17.8 Å². The van der Waals surface area contributed by atoms with Crippen LogP contribution in [0, 0.1) is 11.6 Å². The Kier molecular flexibility index (Phi) is 5.69. The first kappa shape index (κ1) is 19.1. The van der Waals surface area contributed by atoms with Crippen LogP contribution in [0.1, 0.15) is 11.1 Å². The maximum absolute atomic E-state index is 13.9. The van der Waals surface area contributed by atoms with Crippen molar-refractivity contribution in [2.24, 2.45) is 5.73 Å². The van der Waals surface area contributed by atoms with Gasteiger partial charge in [-0.2, -0.15) is 0 Å². The molecular weight excluding hydrogens is 364 g/mol. The molecule has 8 heteroatoms. The van der Waals surface area contributed by atoms with Crippen molar-refractivity contribution in [3.05, 3.63) is 77.5 Å². The highest BCUT2D eigenvalue weighted by Crippen LogP contribution is 2.24. The van der Waals surface area contributed by atoms with Crippen LogP contribution in [0.3, 0.4) is 0 Å². The quantitative estimate of drug-likeness (QED) is 0.468. The number of carbonyl (C=O) groups is 1. The zero-order chi connectivity index (χ0) is 20.1. The van der Waals surface area contributed by atoms with Gasteiger partial charge in [-0.25, -0.2) is 13.8 Å². The predicted molar refractivity (Wildman–Crippen MR) is 105 cm³/mol. The Morgan fingerprint density at radius 2 is 1.82 bits per heavy atom. The van der Waals surface area contributed by atoms with Gasteiger partial charge < -0.3 is 22.1 Å². The van der Waals surface area contributed by atoms with Gasteiger partial charge in [0, 0.05) is 47.0 Å². The normalized spacial score (nSPS) is 10.5. The molecule has 0 saturated carbocycles. The highest BCUT2D eigenvalue weighted by atomic mass is 19.2. The molecule has 28 heavy (non-hydrogen) atoms. The molecule has 2 aromatic carbocycles. The lowest BCUT2D eigenvalue weighted by Gasteiger charge is -2.14. The second-order valence-corrected chi connectivity index (χ2v) is 6.18. The Bertz CT molecular complexity index is 992. The molecule has 6 nitrogen and oxygen atoms in total. The SMILES string of the molecule is NC(=O)Cc1cnc(Nc2ccc(N)cc2)cc1NCc1cccc(F)c1F. The van der Waals surface area contributed by atoms with Gasteiger partial charge in [0.1, 0.15) is 5.82 Å². The highest BCUT2D eigenvalue weighted by molar-refractivity contribution is 5.79. The molecular formula is C20H19F2N5O. The van der Waals surface area contributed by atoms with Gasteiger partial charge >= 0.3 is 0 Å². The summed E-state index contributed by atoms with van der Waals surface area (Å²) in [5.74, 6) is -1.86. The van der Waals surface area contributed by atoms with E-state index in [0.29, 0.717) is 22.8 Å². The topological polar surface area (TPSA) is 106 Å². The standard InChI is InChI=1S/C20H19F2N5O/c21-16-3-1-2-12(20(16)22)10-25-17-9-19(26-11-13(17)8-18(24)28)27-15-6-4-14(23)5-7-15/h1-7,9,11H,8,10,23H2,(H2,24,28)(H2,25,26,27). The number of halogens is 2. The number of benzene rings is 2. The number of pyridine rings is 1. The van der Waals surface area contributed by atoms with Gasteiger partial charge in [0.15, 0.2) is 11.6 Å². The van der Waals surface area contributed by atoms with Crippen molar-refractivity contribution in [1.82, 2.24) is 4.98 Å². The molecule has 1 amide bonds. The zero-order valence-electron chi connectivity index (χ0n) is 14.9. The van der Waals surface area contributed by atoms with E-state index >= 15 is 0 Å². The molecule has 0 saturated heterocycles. The summed E-state index contributed by atoms with van der Waals surface area (Å²) in [5, 5.41) is 6.14. The number of carbonyl (C=O) groups excluding carboxylic acids is 1. The molecule has 1 heterocycles. The van der Waals surface area contributed by atoms with Crippen LogP contribution in [0.4, 0.5) is 31.7 Å². The molecule has 3 rings (SSSR count). The summed E-state index contributed by atoms with van der Waals surface area (Å²) in [6.45, 7) is 0.0285. The van der Waals surface area contributed by atoms with E-state index in [4.69, 9.17) is 11.5 Å². The zero-order valence-corrected chi connectivity index (χ0v) is 14.9. The molecule has 0 aliphatic carbocycles. The lowest BCUT2D eigenvalue weighted by atomic mass is 10.1. The molecule has 3 aromatic rings. The minimum atomic E-state index is -0.919. The summed E-state index contributed by atoms with van der Waals surface area (Å²) in [6, 6.07) is 12.7. The third-order valence-electron chi connectivity index (χ3n) is 4.04. The van der Waals surface area contributed by atoms with Crippen molar-refractivity contribution in [3.63, 3.8) is 0 Å². The lowest BCUT2D eigenvalue weighted by molar-refractivity contribution is -0.117. The predicted octanol–water partition coefficient (Wildman–Crippen LogP) is 3.33. The summed E-state index contributed by atoms with van der Waals surface area (Å²) in [6.07, 6.45) is 1.47. The van der Waals surface area contributed by atoms with E-state index in [1.54, 1.807) is 30.3 Å². The first-order chi connectivity index (χ1) is 13.4. The Labute approximate surface area is 160 Å². The van der Waals surface area contributed by atoms with Crippen molar-refractivity contribution in [1.29, 1.82) is 0 Å². The number of nitrogens with one attached hydrogen (secondary N) is 2. The Morgan fingerprint density at radius 1 is 1.07 bits per heavy atom. The number of amides is 1. The van der Waals surface area contributed by atoms with Crippen LogP contribution in [0.5, 0.6) is 0 Å². The van der Waals surface area contributed by atoms with E-state index in [2.05, 4.69) is 15.6 Å². The number of nitrogen functional groups attached to an aromatic ring is 1. The summed E-state index contributed by atoms with van der Waals surface area (Å²) >= 11 is 0. The van der Waals surface area contributed by atoms with Crippen molar-refractivity contribution >= 4 is 28.8 Å². The Hall–Kier alpha value is -3.68. The number of anilines is 4. The minimum absolute atomic E-state index is 0.0285. The molecule has 0 aliphatic heterocycles. The molecule has 144 valence electrons. The number of hydrogen-bond acceptors (Lipinski definition) is 5. The molecule has 0 bridgehead atoms. The molecule has 0 fully saturated rings. The molecule has 1 aromatic heterocycles. The van der Waals surface area contributed by atoms with Gasteiger partial charge in [0.25, 0.3) is 0 Å². The number of rotatable bonds is 7. The van der Waals surface area contributed by atoms with Crippen LogP contribution < -0.4 is 22.1 Å². The summed E-state index contributed by atoms with van der Waals surface area (Å²) in [7, 11) is 0. The fourth-order valence-electron chi connectivity index (χ4n) is 2.63. The Morgan fingerprint density at radius 3 is 2.54 bits per heavy atom. The van der Waals surface area contributed by atoms with Crippen molar-refractivity contribution < 1.29 is 13.6 Å². The van der Waals surface area contributed by atoms with Crippen LogP contribution in [-0.4, -0.2) is 10.9 Å². The van der Waals surface area contributed by atoms with Gasteiger partial charge in [-0.3, -0.25) is 4.79 Å². The first-order valence-corrected chi connectivity index (χ1v) is 8.49. The number of nitrogens with zero attached hydrogens (tertiary/aromatic N) is 1. The van der Waals surface area contributed by atoms with Gasteiger partial charge in [0.2, 0.25) is 5.91 Å². The van der Waals surface area contributed by atoms with Gasteiger partial charge in [0.05, 0.1) is 6.42 Å². The highest BCUT2D eigenvalue weighted by Gasteiger charge is 2.11. The number of primary amides is 1. The van der Waals surface area contributed by atoms with E-state index < -0.39 is 17.5 Å². The third-order valence-corrected chi connectivity index (χ3v) is 4.04. The van der Waals surface area contributed by atoms with E-state index in [9.17, 15) is 13.6 Å². The lowest BCUT2D eigenvalue weighted by Crippen LogP contribution is -2.16. The van der Waals surface area contributed by atoms with Gasteiger partial charge in [-0.05, 0) is 30.3 Å². The van der Waals surface area contributed by atoms with Gasteiger partial charge in [-0.1, -0.05) is 12.1 Å². The van der Waals surface area contributed by atoms with Gasteiger partial charge in [-0.15, -0.1) is 0 Å². The van der Waals surface area contributed by atoms with E-state index in [0.717, 1.165) is 11.8 Å². The van der Waals surface area contributed by atoms with Crippen LogP contribution in [0.2, 0.25) is 0 Å². The van der Waals surface area contributed by atoms with Crippen molar-refractivity contribution in [2.75, 3.05) is 16.4 Å². The number of nitrogens with two attached hydrogens (primary N) is 2. The molecule has 0 spiro atoms.